The van der Waals surface area contributed by atoms with Gasteiger partial charge in [0, 0.05) is 12.5 Å². The predicted octanol–water partition coefficient (Wildman–Crippen LogP) is 2.51. The van der Waals surface area contributed by atoms with E-state index in [1.54, 1.807) is 0 Å². The van der Waals surface area contributed by atoms with Crippen molar-refractivity contribution in [1.82, 2.24) is 5.32 Å². The van der Waals surface area contributed by atoms with Crippen molar-refractivity contribution in [3.63, 3.8) is 0 Å². The van der Waals surface area contributed by atoms with Crippen LogP contribution in [0.5, 0.6) is 5.75 Å². The lowest BCUT2D eigenvalue weighted by Crippen LogP contribution is -2.22. The number of Topliss-reactive ketones (excluding diaryl/α,β-unsaturated/α-hetero) is 1. The number of rotatable bonds is 5. The van der Waals surface area contributed by atoms with Gasteiger partial charge in [0.15, 0.2) is 5.78 Å². The van der Waals surface area contributed by atoms with Gasteiger partial charge >= 0.3 is 0 Å². The van der Waals surface area contributed by atoms with Crippen molar-refractivity contribution in [3.8, 4) is 5.75 Å². The molecule has 1 aliphatic rings. The van der Waals surface area contributed by atoms with Gasteiger partial charge in [-0.15, -0.1) is 0 Å². The van der Waals surface area contributed by atoms with Crippen LogP contribution < -0.4 is 10.1 Å². The average molecular weight is 247 g/mol. The standard InChI is InChI=1S/C15H21NO2/c1-3-8-18-14-7-5-4-6-12(14)15(17)13-10-16-9-11(13)2/h4-7,11,13,16H,3,8-10H2,1-2H3. The summed E-state index contributed by atoms with van der Waals surface area (Å²) < 4.78 is 5.66. The largest absolute Gasteiger partial charge is 0.493 e. The molecule has 3 heteroatoms. The van der Waals surface area contributed by atoms with Crippen LogP contribution in [0.25, 0.3) is 0 Å². The van der Waals surface area contributed by atoms with Gasteiger partial charge in [0.2, 0.25) is 0 Å². The molecule has 18 heavy (non-hydrogen) atoms. The van der Waals surface area contributed by atoms with Crippen LogP contribution in [0.15, 0.2) is 24.3 Å². The molecule has 2 atom stereocenters. The number of benzene rings is 1. The van der Waals surface area contributed by atoms with Crippen molar-refractivity contribution in [2.45, 2.75) is 20.3 Å². The third-order valence-electron chi connectivity index (χ3n) is 3.47. The van der Waals surface area contributed by atoms with E-state index in [9.17, 15) is 4.79 Å². The topological polar surface area (TPSA) is 38.3 Å². The molecule has 0 aromatic heterocycles. The molecule has 3 nitrogen and oxygen atoms in total. The van der Waals surface area contributed by atoms with E-state index in [1.165, 1.54) is 0 Å². The Hall–Kier alpha value is -1.35. The van der Waals surface area contributed by atoms with E-state index in [2.05, 4.69) is 19.2 Å². The molecule has 1 aliphatic heterocycles. The van der Waals surface area contributed by atoms with Gasteiger partial charge in [-0.05, 0) is 31.0 Å². The summed E-state index contributed by atoms with van der Waals surface area (Å²) in [5, 5.41) is 3.27. The van der Waals surface area contributed by atoms with Crippen LogP contribution in [0.1, 0.15) is 30.6 Å². The molecule has 1 heterocycles. The summed E-state index contributed by atoms with van der Waals surface area (Å²) >= 11 is 0. The quantitative estimate of drug-likeness (QED) is 0.812. The summed E-state index contributed by atoms with van der Waals surface area (Å²) in [4.78, 5) is 12.5. The van der Waals surface area contributed by atoms with Gasteiger partial charge in [-0.1, -0.05) is 26.0 Å². The minimum atomic E-state index is 0.0800. The highest BCUT2D eigenvalue weighted by molar-refractivity contribution is 6.00. The number of hydrogen-bond donors (Lipinski definition) is 1. The van der Waals surface area contributed by atoms with E-state index in [0.717, 1.165) is 30.8 Å². The first-order valence-electron chi connectivity index (χ1n) is 6.70. The summed E-state index contributed by atoms with van der Waals surface area (Å²) in [7, 11) is 0. The lowest BCUT2D eigenvalue weighted by Gasteiger charge is -2.15. The van der Waals surface area contributed by atoms with E-state index < -0.39 is 0 Å². The Morgan fingerprint density at radius 2 is 2.17 bits per heavy atom. The highest BCUT2D eigenvalue weighted by atomic mass is 16.5. The van der Waals surface area contributed by atoms with Crippen molar-refractivity contribution in [2.75, 3.05) is 19.7 Å². The van der Waals surface area contributed by atoms with Crippen LogP contribution >= 0.6 is 0 Å². The third kappa shape index (κ3) is 2.72. The number of ether oxygens (including phenoxy) is 1. The van der Waals surface area contributed by atoms with Crippen LogP contribution in [0.4, 0.5) is 0 Å². The van der Waals surface area contributed by atoms with E-state index in [4.69, 9.17) is 4.74 Å². The maximum absolute atomic E-state index is 12.5. The molecule has 1 saturated heterocycles. The van der Waals surface area contributed by atoms with Crippen molar-refractivity contribution >= 4 is 5.78 Å². The van der Waals surface area contributed by atoms with E-state index in [1.807, 2.05) is 24.3 Å². The first-order valence-corrected chi connectivity index (χ1v) is 6.70. The van der Waals surface area contributed by atoms with Crippen LogP contribution in [0.3, 0.4) is 0 Å². The molecular weight excluding hydrogens is 226 g/mol. The van der Waals surface area contributed by atoms with Crippen LogP contribution in [0, 0.1) is 11.8 Å². The van der Waals surface area contributed by atoms with Crippen molar-refractivity contribution in [2.24, 2.45) is 11.8 Å². The van der Waals surface area contributed by atoms with E-state index in [0.29, 0.717) is 12.5 Å². The average Bonchev–Trinajstić information content (AvgIpc) is 2.82. The molecule has 2 unspecified atom stereocenters. The Balaban J connectivity index is 2.18. The van der Waals surface area contributed by atoms with Gasteiger partial charge in [0.25, 0.3) is 0 Å². The zero-order chi connectivity index (χ0) is 13.0. The number of carbonyl (C=O) groups is 1. The van der Waals surface area contributed by atoms with Crippen molar-refractivity contribution in [1.29, 1.82) is 0 Å². The second-order valence-electron chi connectivity index (χ2n) is 4.95. The van der Waals surface area contributed by atoms with Crippen molar-refractivity contribution < 1.29 is 9.53 Å². The molecule has 0 aliphatic carbocycles. The summed E-state index contributed by atoms with van der Waals surface area (Å²) in [5.41, 5.74) is 0.728. The number of carbonyl (C=O) groups excluding carboxylic acids is 1. The summed E-state index contributed by atoms with van der Waals surface area (Å²) in [6.07, 6.45) is 0.948. The first-order chi connectivity index (χ1) is 8.74. The Bertz CT molecular complexity index is 417. The summed E-state index contributed by atoms with van der Waals surface area (Å²) in [5.74, 6) is 1.41. The maximum atomic E-state index is 12.5. The zero-order valence-corrected chi connectivity index (χ0v) is 11.1. The van der Waals surface area contributed by atoms with Gasteiger partial charge in [0.05, 0.1) is 12.2 Å². The van der Waals surface area contributed by atoms with Gasteiger partial charge in [-0.3, -0.25) is 4.79 Å². The monoisotopic (exact) mass is 247 g/mol. The minimum Gasteiger partial charge on any atom is -0.493 e. The number of nitrogens with one attached hydrogen (secondary N) is 1. The molecule has 0 spiro atoms. The summed E-state index contributed by atoms with van der Waals surface area (Å²) in [6.45, 7) is 6.55. The number of para-hydroxylation sites is 1. The van der Waals surface area contributed by atoms with Gasteiger partial charge < -0.3 is 10.1 Å². The fourth-order valence-corrected chi connectivity index (χ4v) is 2.37. The molecular formula is C15H21NO2. The lowest BCUT2D eigenvalue weighted by molar-refractivity contribution is 0.0903. The minimum absolute atomic E-state index is 0.0800. The molecule has 1 fully saturated rings. The second kappa shape index (κ2) is 6.01. The highest BCUT2D eigenvalue weighted by Crippen LogP contribution is 2.26. The molecule has 98 valence electrons. The zero-order valence-electron chi connectivity index (χ0n) is 11.1. The van der Waals surface area contributed by atoms with E-state index in [-0.39, 0.29) is 11.7 Å². The maximum Gasteiger partial charge on any atom is 0.171 e. The van der Waals surface area contributed by atoms with Gasteiger partial charge in [0.1, 0.15) is 5.75 Å². The Kier molecular flexibility index (Phi) is 4.37. The number of hydrogen-bond acceptors (Lipinski definition) is 3. The van der Waals surface area contributed by atoms with Crippen LogP contribution in [0.2, 0.25) is 0 Å². The molecule has 0 bridgehead atoms. The molecule has 0 radical (unpaired) electrons. The van der Waals surface area contributed by atoms with E-state index >= 15 is 0 Å². The Labute approximate surface area is 109 Å². The van der Waals surface area contributed by atoms with Crippen LogP contribution in [-0.4, -0.2) is 25.5 Å². The third-order valence-corrected chi connectivity index (χ3v) is 3.47. The SMILES string of the molecule is CCCOc1ccccc1C(=O)C1CNCC1C. The fourth-order valence-electron chi connectivity index (χ4n) is 2.37. The van der Waals surface area contributed by atoms with Crippen LogP contribution in [-0.2, 0) is 0 Å². The Morgan fingerprint density at radius 3 is 2.83 bits per heavy atom. The van der Waals surface area contributed by atoms with Crippen molar-refractivity contribution in [3.05, 3.63) is 29.8 Å². The molecule has 1 aromatic carbocycles. The second-order valence-corrected chi connectivity index (χ2v) is 4.95. The fraction of sp³-hybridized carbons (Fsp3) is 0.533. The molecule has 1 aromatic rings. The Morgan fingerprint density at radius 1 is 1.39 bits per heavy atom. The smallest absolute Gasteiger partial charge is 0.171 e. The van der Waals surface area contributed by atoms with Gasteiger partial charge in [-0.25, -0.2) is 0 Å². The van der Waals surface area contributed by atoms with Gasteiger partial charge in [-0.2, -0.15) is 0 Å². The predicted molar refractivity (Wildman–Crippen MR) is 72.1 cm³/mol. The molecule has 0 saturated carbocycles. The normalized spacial score (nSPS) is 23.0. The first kappa shape index (κ1) is 13.1. The summed E-state index contributed by atoms with van der Waals surface area (Å²) in [6, 6.07) is 7.57. The molecule has 2 rings (SSSR count). The number of ketones is 1. The molecule has 1 N–H and O–H groups in total. The molecule has 0 amide bonds. The highest BCUT2D eigenvalue weighted by Gasteiger charge is 2.31. The lowest BCUT2D eigenvalue weighted by atomic mass is 9.89.